The molecule has 0 unspecified atom stereocenters. The third-order valence-electron chi connectivity index (χ3n) is 3.50. The summed E-state index contributed by atoms with van der Waals surface area (Å²) in [5.41, 5.74) is 11.2. The molecule has 2 N–H and O–H groups in total. The lowest BCUT2D eigenvalue weighted by Gasteiger charge is -2.03. The van der Waals surface area contributed by atoms with Crippen LogP contribution in [-0.4, -0.2) is 9.55 Å². The number of aromatic nitrogens is 2. The Morgan fingerprint density at radius 2 is 2.00 bits per heavy atom. The van der Waals surface area contributed by atoms with Crippen LogP contribution < -0.4 is 5.73 Å². The molecule has 96 valence electrons. The number of rotatable bonds is 2. The monoisotopic (exact) mass is 251 g/mol. The number of hydrogen-bond acceptors (Lipinski definition) is 2. The molecule has 0 amide bonds. The average molecular weight is 251 g/mol. The number of fused-ring (bicyclic) bond motifs is 1. The molecule has 0 aliphatic carbocycles. The van der Waals surface area contributed by atoms with E-state index in [0.29, 0.717) is 0 Å². The van der Waals surface area contributed by atoms with E-state index in [1.807, 2.05) is 31.3 Å². The molecule has 2 aromatic carbocycles. The van der Waals surface area contributed by atoms with Gasteiger partial charge in [-0.25, -0.2) is 4.98 Å². The number of benzene rings is 2. The van der Waals surface area contributed by atoms with Gasteiger partial charge in [0.05, 0.1) is 11.0 Å². The first kappa shape index (κ1) is 11.8. The molecular formula is C16H17N3. The number of nitrogens with zero attached hydrogens (tertiary/aromatic N) is 2. The van der Waals surface area contributed by atoms with Gasteiger partial charge in [-0.1, -0.05) is 25.1 Å². The van der Waals surface area contributed by atoms with Crippen molar-refractivity contribution in [3.63, 3.8) is 0 Å². The standard InChI is InChI=1S/C16H17N3/c1-3-11-7-8-15-14(9-11)18-16(19(15)2)12-5-4-6-13(17)10-12/h4-10H,3,17H2,1-2H3. The van der Waals surface area contributed by atoms with Crippen LogP contribution in [0.3, 0.4) is 0 Å². The highest BCUT2D eigenvalue weighted by molar-refractivity contribution is 5.81. The summed E-state index contributed by atoms with van der Waals surface area (Å²) in [7, 11) is 2.04. The molecule has 0 saturated heterocycles. The van der Waals surface area contributed by atoms with Crippen molar-refractivity contribution in [2.45, 2.75) is 13.3 Å². The van der Waals surface area contributed by atoms with Gasteiger partial charge in [-0.2, -0.15) is 0 Å². The Morgan fingerprint density at radius 1 is 1.16 bits per heavy atom. The van der Waals surface area contributed by atoms with Crippen LogP contribution in [0.15, 0.2) is 42.5 Å². The fraction of sp³-hybridized carbons (Fsp3) is 0.188. The summed E-state index contributed by atoms with van der Waals surface area (Å²) in [4.78, 5) is 4.74. The molecular weight excluding hydrogens is 234 g/mol. The Morgan fingerprint density at radius 3 is 2.74 bits per heavy atom. The van der Waals surface area contributed by atoms with Crippen LogP contribution in [0.1, 0.15) is 12.5 Å². The van der Waals surface area contributed by atoms with Crippen molar-refractivity contribution in [1.29, 1.82) is 0 Å². The highest BCUT2D eigenvalue weighted by Gasteiger charge is 2.10. The summed E-state index contributed by atoms with van der Waals surface area (Å²) >= 11 is 0. The van der Waals surface area contributed by atoms with Crippen LogP contribution in [0.25, 0.3) is 22.4 Å². The molecule has 3 rings (SSSR count). The molecule has 0 radical (unpaired) electrons. The summed E-state index contributed by atoms with van der Waals surface area (Å²) in [6.45, 7) is 2.16. The minimum atomic E-state index is 0.763. The predicted octanol–water partition coefficient (Wildman–Crippen LogP) is 3.38. The van der Waals surface area contributed by atoms with E-state index >= 15 is 0 Å². The van der Waals surface area contributed by atoms with Crippen molar-refractivity contribution in [2.24, 2.45) is 7.05 Å². The first-order valence-electron chi connectivity index (χ1n) is 6.50. The van der Waals surface area contributed by atoms with Gasteiger partial charge in [0, 0.05) is 18.3 Å². The van der Waals surface area contributed by atoms with Crippen LogP contribution in [-0.2, 0) is 13.5 Å². The van der Waals surface area contributed by atoms with Gasteiger partial charge in [0.1, 0.15) is 5.82 Å². The van der Waals surface area contributed by atoms with Crippen molar-refractivity contribution in [1.82, 2.24) is 9.55 Å². The van der Waals surface area contributed by atoms with Crippen molar-refractivity contribution in [3.05, 3.63) is 48.0 Å². The van der Waals surface area contributed by atoms with Crippen LogP contribution in [0.5, 0.6) is 0 Å². The van der Waals surface area contributed by atoms with E-state index in [-0.39, 0.29) is 0 Å². The number of nitrogens with two attached hydrogens (primary N) is 1. The molecule has 1 heterocycles. The predicted molar refractivity (Wildman–Crippen MR) is 79.9 cm³/mol. The number of nitrogen functional groups attached to an aromatic ring is 1. The fourth-order valence-corrected chi connectivity index (χ4v) is 2.40. The molecule has 0 aliphatic rings. The second-order valence-corrected chi connectivity index (χ2v) is 4.80. The summed E-state index contributed by atoms with van der Waals surface area (Å²) in [6, 6.07) is 14.3. The minimum Gasteiger partial charge on any atom is -0.399 e. The van der Waals surface area contributed by atoms with Crippen LogP contribution in [0.4, 0.5) is 5.69 Å². The summed E-state index contributed by atoms with van der Waals surface area (Å²) in [5.74, 6) is 0.954. The van der Waals surface area contributed by atoms with Gasteiger partial charge in [0.15, 0.2) is 0 Å². The maximum absolute atomic E-state index is 5.85. The van der Waals surface area contributed by atoms with Gasteiger partial charge in [-0.15, -0.1) is 0 Å². The lowest BCUT2D eigenvalue weighted by atomic mass is 10.1. The Kier molecular flexibility index (Phi) is 2.75. The van der Waals surface area contributed by atoms with Crippen molar-refractivity contribution >= 4 is 16.7 Å². The summed E-state index contributed by atoms with van der Waals surface area (Å²) < 4.78 is 2.11. The SMILES string of the molecule is CCc1ccc2c(c1)nc(-c1cccc(N)c1)n2C. The van der Waals surface area contributed by atoms with Gasteiger partial charge in [0.25, 0.3) is 0 Å². The topological polar surface area (TPSA) is 43.8 Å². The van der Waals surface area contributed by atoms with Crippen LogP contribution >= 0.6 is 0 Å². The van der Waals surface area contributed by atoms with Crippen LogP contribution in [0, 0.1) is 0 Å². The number of hydrogen-bond donors (Lipinski definition) is 1. The summed E-state index contributed by atoms with van der Waals surface area (Å²) in [5, 5.41) is 0. The first-order valence-corrected chi connectivity index (χ1v) is 6.50. The highest BCUT2D eigenvalue weighted by Crippen LogP contribution is 2.25. The summed E-state index contributed by atoms with van der Waals surface area (Å²) in [6.07, 6.45) is 1.03. The van der Waals surface area contributed by atoms with Gasteiger partial charge >= 0.3 is 0 Å². The molecule has 3 nitrogen and oxygen atoms in total. The van der Waals surface area contributed by atoms with Gasteiger partial charge in [-0.3, -0.25) is 0 Å². The zero-order chi connectivity index (χ0) is 13.4. The van der Waals surface area contributed by atoms with Crippen molar-refractivity contribution < 1.29 is 0 Å². The largest absolute Gasteiger partial charge is 0.399 e. The van der Waals surface area contributed by atoms with E-state index in [9.17, 15) is 0 Å². The van der Waals surface area contributed by atoms with Gasteiger partial charge in [-0.05, 0) is 36.2 Å². The zero-order valence-corrected chi connectivity index (χ0v) is 11.2. The Bertz CT molecular complexity index is 741. The third kappa shape index (κ3) is 1.97. The molecule has 3 aromatic rings. The zero-order valence-electron chi connectivity index (χ0n) is 11.2. The molecule has 3 heteroatoms. The first-order chi connectivity index (χ1) is 9.19. The van der Waals surface area contributed by atoms with E-state index in [2.05, 4.69) is 29.7 Å². The second-order valence-electron chi connectivity index (χ2n) is 4.80. The second kappa shape index (κ2) is 4.43. The molecule has 0 bridgehead atoms. The smallest absolute Gasteiger partial charge is 0.140 e. The van der Waals surface area contributed by atoms with Gasteiger partial charge < -0.3 is 10.3 Å². The van der Waals surface area contributed by atoms with E-state index in [1.54, 1.807) is 0 Å². The Hall–Kier alpha value is -2.29. The Balaban J connectivity index is 2.22. The molecule has 19 heavy (non-hydrogen) atoms. The fourth-order valence-electron chi connectivity index (χ4n) is 2.40. The third-order valence-corrected chi connectivity index (χ3v) is 3.50. The Labute approximate surface area is 112 Å². The quantitative estimate of drug-likeness (QED) is 0.709. The molecule has 0 saturated carbocycles. The number of anilines is 1. The lowest BCUT2D eigenvalue weighted by molar-refractivity contribution is 0.959. The van der Waals surface area contributed by atoms with Crippen molar-refractivity contribution in [2.75, 3.05) is 5.73 Å². The lowest BCUT2D eigenvalue weighted by Crippen LogP contribution is -1.93. The maximum Gasteiger partial charge on any atom is 0.140 e. The minimum absolute atomic E-state index is 0.763. The molecule has 0 spiro atoms. The van der Waals surface area contributed by atoms with E-state index in [1.165, 1.54) is 5.56 Å². The van der Waals surface area contributed by atoms with E-state index in [0.717, 1.165) is 34.5 Å². The molecule has 0 fully saturated rings. The molecule has 1 aromatic heterocycles. The van der Waals surface area contributed by atoms with Gasteiger partial charge in [0.2, 0.25) is 0 Å². The van der Waals surface area contributed by atoms with Crippen molar-refractivity contribution in [3.8, 4) is 11.4 Å². The number of imidazole rings is 1. The molecule has 0 atom stereocenters. The average Bonchev–Trinajstić information content (AvgIpc) is 2.75. The maximum atomic E-state index is 5.85. The number of aryl methyl sites for hydroxylation is 2. The normalized spacial score (nSPS) is 11.1. The van der Waals surface area contributed by atoms with E-state index in [4.69, 9.17) is 10.7 Å². The molecule has 0 aliphatic heterocycles. The van der Waals surface area contributed by atoms with E-state index < -0.39 is 0 Å². The van der Waals surface area contributed by atoms with Crippen LogP contribution in [0.2, 0.25) is 0 Å². The highest BCUT2D eigenvalue weighted by atomic mass is 15.1.